The van der Waals surface area contributed by atoms with Gasteiger partial charge < -0.3 is 10.2 Å². The number of anilines is 1. The monoisotopic (exact) mass is 333 g/mol. The number of aromatic nitrogens is 1. The Morgan fingerprint density at radius 3 is 2.61 bits per heavy atom. The number of rotatable bonds is 10. The van der Waals surface area contributed by atoms with Crippen LogP contribution < -0.4 is 5.32 Å². The minimum atomic E-state index is 0.759. The fourth-order valence-electron chi connectivity index (χ4n) is 2.86. The van der Waals surface area contributed by atoms with E-state index >= 15 is 0 Å². The van der Waals surface area contributed by atoms with E-state index in [1.807, 2.05) is 18.2 Å². The summed E-state index contributed by atoms with van der Waals surface area (Å²) in [5.74, 6) is 0. The SMILES string of the molecule is CCN(CC)CCCCCCNc1cccc2c(Cl)ccnc12. The maximum atomic E-state index is 6.23. The summed E-state index contributed by atoms with van der Waals surface area (Å²) in [4.78, 5) is 6.95. The molecule has 0 radical (unpaired) electrons. The predicted molar refractivity (Wildman–Crippen MR) is 101 cm³/mol. The Balaban J connectivity index is 1.72. The number of hydrogen-bond donors (Lipinski definition) is 1. The van der Waals surface area contributed by atoms with E-state index in [1.165, 1.54) is 32.2 Å². The quantitative estimate of drug-likeness (QED) is 0.605. The van der Waals surface area contributed by atoms with Crippen molar-refractivity contribution in [2.75, 3.05) is 31.5 Å². The smallest absolute Gasteiger partial charge is 0.0948 e. The fourth-order valence-corrected chi connectivity index (χ4v) is 3.07. The van der Waals surface area contributed by atoms with Crippen LogP contribution in [-0.2, 0) is 0 Å². The Morgan fingerprint density at radius 1 is 1.04 bits per heavy atom. The average Bonchev–Trinajstić information content (AvgIpc) is 2.58. The third-order valence-electron chi connectivity index (χ3n) is 4.33. The first-order valence-corrected chi connectivity index (χ1v) is 9.13. The molecule has 0 saturated carbocycles. The van der Waals surface area contributed by atoms with Crippen molar-refractivity contribution in [1.29, 1.82) is 0 Å². The van der Waals surface area contributed by atoms with Crippen molar-refractivity contribution >= 4 is 28.2 Å². The summed E-state index contributed by atoms with van der Waals surface area (Å²) in [5, 5.41) is 5.28. The Bertz CT molecular complexity index is 596. The second-order valence-corrected chi connectivity index (χ2v) is 6.27. The van der Waals surface area contributed by atoms with Crippen LogP contribution in [0.5, 0.6) is 0 Å². The van der Waals surface area contributed by atoms with Crippen LogP contribution in [0, 0.1) is 0 Å². The predicted octanol–water partition coefficient (Wildman–Crippen LogP) is 5.20. The summed E-state index contributed by atoms with van der Waals surface area (Å²) in [7, 11) is 0. The lowest BCUT2D eigenvalue weighted by molar-refractivity contribution is 0.295. The van der Waals surface area contributed by atoms with Crippen LogP contribution in [0.1, 0.15) is 39.5 Å². The number of pyridine rings is 1. The molecule has 126 valence electrons. The van der Waals surface area contributed by atoms with E-state index in [4.69, 9.17) is 11.6 Å². The molecule has 4 heteroatoms. The van der Waals surface area contributed by atoms with Crippen molar-refractivity contribution in [2.24, 2.45) is 0 Å². The molecule has 0 bridgehead atoms. The van der Waals surface area contributed by atoms with E-state index in [1.54, 1.807) is 6.20 Å². The largest absolute Gasteiger partial charge is 0.383 e. The van der Waals surface area contributed by atoms with E-state index in [0.717, 1.165) is 41.2 Å². The molecular weight excluding hydrogens is 306 g/mol. The molecular formula is C19H28ClN3. The van der Waals surface area contributed by atoms with Crippen LogP contribution in [0.2, 0.25) is 5.02 Å². The summed E-state index contributed by atoms with van der Waals surface area (Å²) < 4.78 is 0. The van der Waals surface area contributed by atoms with Crippen molar-refractivity contribution < 1.29 is 0 Å². The zero-order chi connectivity index (χ0) is 16.5. The third kappa shape index (κ3) is 5.36. The number of para-hydroxylation sites is 1. The van der Waals surface area contributed by atoms with Gasteiger partial charge in [-0.05, 0) is 44.6 Å². The second kappa shape index (κ2) is 9.74. The highest BCUT2D eigenvalue weighted by molar-refractivity contribution is 6.35. The lowest BCUT2D eigenvalue weighted by Gasteiger charge is -2.17. The highest BCUT2D eigenvalue weighted by Gasteiger charge is 2.04. The summed E-state index contributed by atoms with van der Waals surface area (Å²) in [6.45, 7) is 9.00. The van der Waals surface area contributed by atoms with Crippen molar-refractivity contribution in [3.8, 4) is 0 Å². The first-order valence-electron chi connectivity index (χ1n) is 8.75. The number of nitrogens with one attached hydrogen (secondary N) is 1. The molecule has 1 N–H and O–H groups in total. The normalized spacial score (nSPS) is 11.3. The van der Waals surface area contributed by atoms with E-state index in [-0.39, 0.29) is 0 Å². The van der Waals surface area contributed by atoms with Crippen LogP contribution in [0.4, 0.5) is 5.69 Å². The molecule has 1 aromatic carbocycles. The number of nitrogens with zero attached hydrogens (tertiary/aromatic N) is 2. The number of halogens is 1. The number of unbranched alkanes of at least 4 members (excludes halogenated alkanes) is 3. The van der Waals surface area contributed by atoms with Gasteiger partial charge in [-0.1, -0.05) is 50.4 Å². The van der Waals surface area contributed by atoms with Gasteiger partial charge in [0.2, 0.25) is 0 Å². The van der Waals surface area contributed by atoms with Gasteiger partial charge in [0.1, 0.15) is 0 Å². The van der Waals surface area contributed by atoms with Crippen LogP contribution >= 0.6 is 11.6 Å². The molecule has 0 atom stereocenters. The van der Waals surface area contributed by atoms with Gasteiger partial charge in [0, 0.05) is 18.1 Å². The van der Waals surface area contributed by atoms with Gasteiger partial charge >= 0.3 is 0 Å². The van der Waals surface area contributed by atoms with E-state index in [0.29, 0.717) is 0 Å². The summed E-state index contributed by atoms with van der Waals surface area (Å²) in [5.41, 5.74) is 2.04. The van der Waals surface area contributed by atoms with Crippen LogP contribution in [0.3, 0.4) is 0 Å². The number of benzene rings is 1. The molecule has 0 amide bonds. The fraction of sp³-hybridized carbons (Fsp3) is 0.526. The van der Waals surface area contributed by atoms with Crippen molar-refractivity contribution in [2.45, 2.75) is 39.5 Å². The minimum absolute atomic E-state index is 0.759. The lowest BCUT2D eigenvalue weighted by Crippen LogP contribution is -2.23. The Labute approximate surface area is 145 Å². The molecule has 1 aromatic heterocycles. The molecule has 0 spiro atoms. The van der Waals surface area contributed by atoms with Gasteiger partial charge in [-0.3, -0.25) is 4.98 Å². The molecule has 1 heterocycles. The van der Waals surface area contributed by atoms with Crippen molar-refractivity contribution in [3.05, 3.63) is 35.5 Å². The molecule has 0 saturated heterocycles. The molecule has 2 rings (SSSR count). The summed E-state index contributed by atoms with van der Waals surface area (Å²) in [6.07, 6.45) is 6.83. The summed E-state index contributed by atoms with van der Waals surface area (Å²) >= 11 is 6.23. The summed E-state index contributed by atoms with van der Waals surface area (Å²) in [6, 6.07) is 7.96. The molecule has 3 nitrogen and oxygen atoms in total. The highest BCUT2D eigenvalue weighted by atomic mass is 35.5. The molecule has 0 aliphatic heterocycles. The zero-order valence-corrected chi connectivity index (χ0v) is 15.1. The van der Waals surface area contributed by atoms with Gasteiger partial charge in [0.05, 0.1) is 16.2 Å². The standard InChI is InChI=1S/C19H28ClN3/c1-3-23(4-2)15-8-6-5-7-13-21-18-11-9-10-16-17(20)12-14-22-19(16)18/h9-12,14,21H,3-8,13,15H2,1-2H3. The lowest BCUT2D eigenvalue weighted by atomic mass is 10.1. The second-order valence-electron chi connectivity index (χ2n) is 5.86. The molecule has 0 aliphatic rings. The highest BCUT2D eigenvalue weighted by Crippen LogP contribution is 2.26. The van der Waals surface area contributed by atoms with Crippen LogP contribution in [-0.4, -0.2) is 36.1 Å². The first kappa shape index (κ1) is 18.0. The van der Waals surface area contributed by atoms with Gasteiger partial charge in [0.15, 0.2) is 0 Å². The van der Waals surface area contributed by atoms with Crippen LogP contribution in [0.25, 0.3) is 10.9 Å². The average molecular weight is 334 g/mol. The van der Waals surface area contributed by atoms with Crippen molar-refractivity contribution in [1.82, 2.24) is 9.88 Å². The maximum Gasteiger partial charge on any atom is 0.0948 e. The minimum Gasteiger partial charge on any atom is -0.383 e. The van der Waals surface area contributed by atoms with E-state index in [2.05, 4.69) is 35.1 Å². The molecule has 23 heavy (non-hydrogen) atoms. The number of hydrogen-bond acceptors (Lipinski definition) is 3. The third-order valence-corrected chi connectivity index (χ3v) is 4.66. The number of fused-ring (bicyclic) bond motifs is 1. The van der Waals surface area contributed by atoms with Gasteiger partial charge in [0.25, 0.3) is 0 Å². The maximum absolute atomic E-state index is 6.23. The molecule has 2 aromatic rings. The Hall–Kier alpha value is -1.32. The Kier molecular flexibility index (Phi) is 7.63. The van der Waals surface area contributed by atoms with Gasteiger partial charge in [-0.25, -0.2) is 0 Å². The first-order chi connectivity index (χ1) is 11.3. The molecule has 0 aliphatic carbocycles. The molecule has 0 fully saturated rings. The van der Waals surface area contributed by atoms with Crippen LogP contribution in [0.15, 0.2) is 30.5 Å². The van der Waals surface area contributed by atoms with Gasteiger partial charge in [-0.2, -0.15) is 0 Å². The zero-order valence-electron chi connectivity index (χ0n) is 14.3. The van der Waals surface area contributed by atoms with E-state index < -0.39 is 0 Å². The van der Waals surface area contributed by atoms with E-state index in [9.17, 15) is 0 Å². The van der Waals surface area contributed by atoms with Crippen molar-refractivity contribution in [3.63, 3.8) is 0 Å². The molecule has 0 unspecified atom stereocenters. The topological polar surface area (TPSA) is 28.2 Å². The van der Waals surface area contributed by atoms with Gasteiger partial charge in [-0.15, -0.1) is 0 Å². The Morgan fingerprint density at radius 2 is 1.83 bits per heavy atom.